The van der Waals surface area contributed by atoms with E-state index in [0.29, 0.717) is 5.56 Å². The summed E-state index contributed by atoms with van der Waals surface area (Å²) in [5.41, 5.74) is 0.776. The maximum atomic E-state index is 11.6. The van der Waals surface area contributed by atoms with E-state index in [-0.39, 0.29) is 23.8 Å². The van der Waals surface area contributed by atoms with Gasteiger partial charge in [-0.25, -0.2) is 17.9 Å². The van der Waals surface area contributed by atoms with Crippen LogP contribution in [0.15, 0.2) is 24.3 Å². The highest BCUT2D eigenvalue weighted by Crippen LogP contribution is 2.06. The molecule has 18 heavy (non-hydrogen) atoms. The van der Waals surface area contributed by atoms with Crippen LogP contribution in [0.2, 0.25) is 0 Å². The predicted octanol–water partition coefficient (Wildman–Crippen LogP) is 1.46. The van der Waals surface area contributed by atoms with Crippen LogP contribution in [0, 0.1) is 5.92 Å². The summed E-state index contributed by atoms with van der Waals surface area (Å²) in [6.07, 6.45) is 0. The molecule has 0 aromatic heterocycles. The lowest BCUT2D eigenvalue weighted by Crippen LogP contribution is -2.28. The third kappa shape index (κ3) is 4.85. The van der Waals surface area contributed by atoms with Crippen LogP contribution in [-0.2, 0) is 16.6 Å². The highest BCUT2D eigenvalue weighted by atomic mass is 32.2. The summed E-state index contributed by atoms with van der Waals surface area (Å²) < 4.78 is 25.7. The Bertz CT molecular complexity index is 523. The van der Waals surface area contributed by atoms with Crippen molar-refractivity contribution < 1.29 is 18.3 Å². The van der Waals surface area contributed by atoms with E-state index in [2.05, 4.69) is 4.72 Å². The second kappa shape index (κ2) is 5.97. The molecule has 0 unspecified atom stereocenters. The van der Waals surface area contributed by atoms with E-state index in [4.69, 9.17) is 5.11 Å². The standard InChI is InChI=1S/C12H17NO4S/c1-9(2)8-18(16,17)13-7-10-4-3-5-11(6-10)12(14)15/h3-6,9,13H,7-8H2,1-2H3,(H,14,15). The Morgan fingerprint density at radius 2 is 2.06 bits per heavy atom. The fourth-order valence-corrected chi connectivity index (χ4v) is 2.89. The van der Waals surface area contributed by atoms with Crippen molar-refractivity contribution in [3.63, 3.8) is 0 Å². The molecule has 0 amide bonds. The molecule has 0 radical (unpaired) electrons. The zero-order valence-corrected chi connectivity index (χ0v) is 11.2. The lowest BCUT2D eigenvalue weighted by atomic mass is 10.1. The lowest BCUT2D eigenvalue weighted by molar-refractivity contribution is 0.0696. The van der Waals surface area contributed by atoms with Gasteiger partial charge in [0, 0.05) is 6.54 Å². The van der Waals surface area contributed by atoms with E-state index in [1.807, 2.05) is 13.8 Å². The molecule has 0 spiro atoms. The Hall–Kier alpha value is -1.40. The molecule has 0 aliphatic heterocycles. The molecule has 1 aromatic rings. The smallest absolute Gasteiger partial charge is 0.335 e. The normalized spacial score (nSPS) is 11.7. The van der Waals surface area contributed by atoms with E-state index in [9.17, 15) is 13.2 Å². The van der Waals surface area contributed by atoms with Crippen molar-refractivity contribution in [1.82, 2.24) is 4.72 Å². The van der Waals surface area contributed by atoms with Crippen LogP contribution < -0.4 is 4.72 Å². The second-order valence-electron chi connectivity index (χ2n) is 4.50. The molecule has 1 aromatic carbocycles. The highest BCUT2D eigenvalue weighted by Gasteiger charge is 2.12. The van der Waals surface area contributed by atoms with Gasteiger partial charge in [-0.1, -0.05) is 26.0 Å². The van der Waals surface area contributed by atoms with Crippen molar-refractivity contribution in [3.05, 3.63) is 35.4 Å². The van der Waals surface area contributed by atoms with Gasteiger partial charge in [-0.2, -0.15) is 0 Å². The van der Waals surface area contributed by atoms with Crippen molar-refractivity contribution in [2.45, 2.75) is 20.4 Å². The van der Waals surface area contributed by atoms with Gasteiger partial charge in [-0.15, -0.1) is 0 Å². The van der Waals surface area contributed by atoms with Crippen LogP contribution in [0.1, 0.15) is 29.8 Å². The van der Waals surface area contributed by atoms with E-state index in [1.54, 1.807) is 12.1 Å². The quantitative estimate of drug-likeness (QED) is 0.820. The van der Waals surface area contributed by atoms with Crippen molar-refractivity contribution in [2.75, 3.05) is 5.75 Å². The van der Waals surface area contributed by atoms with Crippen molar-refractivity contribution in [1.29, 1.82) is 0 Å². The number of aromatic carboxylic acids is 1. The monoisotopic (exact) mass is 271 g/mol. The van der Waals surface area contributed by atoms with E-state index in [1.165, 1.54) is 12.1 Å². The number of carbonyl (C=O) groups is 1. The number of nitrogens with one attached hydrogen (secondary N) is 1. The molecule has 0 heterocycles. The van der Waals surface area contributed by atoms with Gasteiger partial charge in [-0.3, -0.25) is 0 Å². The van der Waals surface area contributed by atoms with E-state index in [0.717, 1.165) is 0 Å². The molecular formula is C12H17NO4S. The van der Waals surface area contributed by atoms with Gasteiger partial charge in [0.2, 0.25) is 10.0 Å². The van der Waals surface area contributed by atoms with Gasteiger partial charge in [-0.05, 0) is 23.6 Å². The number of benzene rings is 1. The molecule has 5 nitrogen and oxygen atoms in total. The Morgan fingerprint density at radius 1 is 1.39 bits per heavy atom. The minimum atomic E-state index is -3.31. The van der Waals surface area contributed by atoms with Crippen LogP contribution in [0.5, 0.6) is 0 Å². The third-order valence-corrected chi connectivity index (χ3v) is 3.91. The summed E-state index contributed by atoms with van der Waals surface area (Å²) in [5, 5.41) is 8.82. The average Bonchev–Trinajstić information content (AvgIpc) is 2.25. The van der Waals surface area contributed by atoms with Gasteiger partial charge in [0.15, 0.2) is 0 Å². The molecule has 0 aliphatic rings. The van der Waals surface area contributed by atoms with E-state index >= 15 is 0 Å². The Morgan fingerprint density at radius 3 is 2.61 bits per heavy atom. The molecule has 0 atom stereocenters. The molecule has 1 rings (SSSR count). The van der Waals surface area contributed by atoms with Crippen LogP contribution in [0.25, 0.3) is 0 Å². The van der Waals surface area contributed by atoms with Crippen LogP contribution in [-0.4, -0.2) is 25.2 Å². The first-order valence-corrected chi connectivity index (χ1v) is 7.25. The molecule has 0 saturated carbocycles. The Kier molecular flexibility index (Phi) is 4.86. The summed E-state index contributed by atoms with van der Waals surface area (Å²) >= 11 is 0. The third-order valence-electron chi connectivity index (χ3n) is 2.22. The highest BCUT2D eigenvalue weighted by molar-refractivity contribution is 7.89. The zero-order valence-electron chi connectivity index (χ0n) is 10.4. The summed E-state index contributed by atoms with van der Waals surface area (Å²) in [6.45, 7) is 3.75. The largest absolute Gasteiger partial charge is 0.478 e. The number of rotatable bonds is 6. The van der Waals surface area contributed by atoms with Crippen LogP contribution in [0.3, 0.4) is 0 Å². The Labute approximate surface area is 107 Å². The summed E-state index contributed by atoms with van der Waals surface area (Å²) in [6, 6.07) is 6.20. The van der Waals surface area contributed by atoms with E-state index < -0.39 is 16.0 Å². The minimum absolute atomic E-state index is 0.0489. The van der Waals surface area contributed by atoms with Gasteiger partial charge >= 0.3 is 5.97 Å². The number of carboxylic acid groups (broad SMARTS) is 1. The number of hydrogen-bond acceptors (Lipinski definition) is 3. The van der Waals surface area contributed by atoms with Gasteiger partial charge in [0.05, 0.1) is 11.3 Å². The topological polar surface area (TPSA) is 83.5 Å². The zero-order chi connectivity index (χ0) is 13.8. The first-order valence-electron chi connectivity index (χ1n) is 5.60. The molecular weight excluding hydrogens is 254 g/mol. The van der Waals surface area contributed by atoms with Gasteiger partial charge in [0.25, 0.3) is 0 Å². The van der Waals surface area contributed by atoms with Crippen LogP contribution in [0.4, 0.5) is 0 Å². The van der Waals surface area contributed by atoms with Crippen LogP contribution >= 0.6 is 0 Å². The summed E-state index contributed by atoms with van der Waals surface area (Å²) in [4.78, 5) is 10.8. The minimum Gasteiger partial charge on any atom is -0.478 e. The van der Waals surface area contributed by atoms with Crippen molar-refractivity contribution in [2.24, 2.45) is 5.92 Å². The lowest BCUT2D eigenvalue weighted by Gasteiger charge is -2.09. The first kappa shape index (κ1) is 14.7. The predicted molar refractivity (Wildman–Crippen MR) is 68.9 cm³/mol. The fraction of sp³-hybridized carbons (Fsp3) is 0.417. The molecule has 2 N–H and O–H groups in total. The summed E-state index contributed by atoms with van der Waals surface area (Å²) in [5.74, 6) is -0.916. The SMILES string of the molecule is CC(C)CS(=O)(=O)NCc1cccc(C(=O)O)c1. The Balaban J connectivity index is 2.69. The van der Waals surface area contributed by atoms with Gasteiger partial charge in [0.1, 0.15) is 0 Å². The summed E-state index contributed by atoms with van der Waals surface area (Å²) in [7, 11) is -3.31. The van der Waals surface area contributed by atoms with Gasteiger partial charge < -0.3 is 5.11 Å². The van der Waals surface area contributed by atoms with Crippen molar-refractivity contribution >= 4 is 16.0 Å². The average molecular weight is 271 g/mol. The maximum Gasteiger partial charge on any atom is 0.335 e. The molecule has 0 fully saturated rings. The number of carboxylic acids is 1. The molecule has 100 valence electrons. The molecule has 0 saturated heterocycles. The first-order chi connectivity index (χ1) is 8.30. The number of hydrogen-bond donors (Lipinski definition) is 2. The number of sulfonamides is 1. The molecule has 0 aliphatic carbocycles. The molecule has 0 bridgehead atoms. The second-order valence-corrected chi connectivity index (χ2v) is 6.35. The fourth-order valence-electron chi connectivity index (χ4n) is 1.51. The molecule has 6 heteroatoms. The van der Waals surface area contributed by atoms with Crippen molar-refractivity contribution in [3.8, 4) is 0 Å². The maximum absolute atomic E-state index is 11.6.